The number of anilines is 2. The molecule has 0 spiro atoms. The molecule has 3 nitrogen and oxygen atoms in total. The van der Waals surface area contributed by atoms with E-state index >= 15 is 0 Å². The smallest absolute Gasteiger partial charge is 0.173 e. The van der Waals surface area contributed by atoms with Gasteiger partial charge in [-0.1, -0.05) is 39.1 Å². The quantitative estimate of drug-likeness (QED) is 0.635. The average molecular weight is 445 g/mol. The molecule has 7 heteroatoms. The molecule has 1 N–H and O–H groups in total. The topological polar surface area (TPSA) is 18.5 Å². The number of piperazine rings is 1. The second kappa shape index (κ2) is 7.91. The Morgan fingerprint density at radius 1 is 0.958 bits per heavy atom. The number of nitrogens with zero attached hydrogens (tertiary/aromatic N) is 2. The molecule has 2 aromatic rings. The number of hydrogen-bond acceptors (Lipinski definition) is 2. The first-order valence-corrected chi connectivity index (χ1v) is 9.50. The fraction of sp³-hybridized carbons (Fsp3) is 0.235. The van der Waals surface area contributed by atoms with Gasteiger partial charge >= 0.3 is 0 Å². The Bertz CT molecular complexity index is 731. The third kappa shape index (κ3) is 4.33. The minimum atomic E-state index is 0.582. The number of thiocarbonyl (C=S) groups is 1. The predicted molar refractivity (Wildman–Crippen MR) is 111 cm³/mol. The van der Waals surface area contributed by atoms with Gasteiger partial charge in [-0.05, 0) is 54.7 Å². The molecule has 0 unspecified atom stereocenters. The lowest BCUT2D eigenvalue weighted by molar-refractivity contribution is 0.391. The minimum Gasteiger partial charge on any atom is -0.368 e. The maximum Gasteiger partial charge on any atom is 0.173 e. The van der Waals surface area contributed by atoms with Gasteiger partial charge in [0.25, 0.3) is 0 Å². The number of rotatable bonds is 2. The average Bonchev–Trinajstić information content (AvgIpc) is 2.59. The zero-order valence-corrected chi connectivity index (χ0v) is 16.7. The van der Waals surface area contributed by atoms with Crippen molar-refractivity contribution >= 4 is 67.8 Å². The summed E-state index contributed by atoms with van der Waals surface area (Å²) >= 11 is 21.1. The summed E-state index contributed by atoms with van der Waals surface area (Å²) in [5.74, 6) is 0. The summed E-state index contributed by atoms with van der Waals surface area (Å²) in [4.78, 5) is 4.48. The number of halogens is 3. The van der Waals surface area contributed by atoms with Gasteiger partial charge in [-0.25, -0.2) is 0 Å². The number of nitrogens with one attached hydrogen (secondary N) is 1. The van der Waals surface area contributed by atoms with Gasteiger partial charge in [-0.15, -0.1) is 0 Å². The molecule has 1 aliphatic rings. The molecule has 0 aliphatic carbocycles. The van der Waals surface area contributed by atoms with E-state index in [0.29, 0.717) is 10.0 Å². The first kappa shape index (κ1) is 17.8. The van der Waals surface area contributed by atoms with Gasteiger partial charge in [0.05, 0.1) is 10.0 Å². The Hall–Kier alpha value is -1.01. The highest BCUT2D eigenvalue weighted by molar-refractivity contribution is 9.10. The zero-order chi connectivity index (χ0) is 17.1. The third-order valence-electron chi connectivity index (χ3n) is 3.93. The second-order valence-corrected chi connectivity index (χ2v) is 7.63. The normalized spacial score (nSPS) is 14.6. The summed E-state index contributed by atoms with van der Waals surface area (Å²) in [6.07, 6.45) is 0. The largest absolute Gasteiger partial charge is 0.368 e. The van der Waals surface area contributed by atoms with Crippen molar-refractivity contribution in [3.63, 3.8) is 0 Å². The first-order chi connectivity index (χ1) is 11.5. The fourth-order valence-electron chi connectivity index (χ4n) is 2.59. The molecule has 0 aromatic heterocycles. The Morgan fingerprint density at radius 2 is 1.62 bits per heavy atom. The predicted octanol–water partition coefficient (Wildman–Crippen LogP) is 5.27. The van der Waals surface area contributed by atoms with E-state index in [1.165, 1.54) is 0 Å². The highest BCUT2D eigenvalue weighted by Gasteiger charge is 2.19. The van der Waals surface area contributed by atoms with Crippen LogP contribution >= 0.6 is 51.3 Å². The van der Waals surface area contributed by atoms with Gasteiger partial charge in [-0.2, -0.15) is 0 Å². The van der Waals surface area contributed by atoms with Crippen LogP contribution in [-0.4, -0.2) is 36.2 Å². The van der Waals surface area contributed by atoms with Crippen LogP contribution in [0.4, 0.5) is 11.4 Å². The van der Waals surface area contributed by atoms with Crippen molar-refractivity contribution in [3.05, 3.63) is 57.0 Å². The summed E-state index contributed by atoms with van der Waals surface area (Å²) in [6, 6.07) is 13.7. The van der Waals surface area contributed by atoms with Crippen LogP contribution in [0.3, 0.4) is 0 Å². The second-order valence-electron chi connectivity index (χ2n) is 5.51. The molecule has 1 fully saturated rings. The summed E-state index contributed by atoms with van der Waals surface area (Å²) in [5, 5.41) is 5.21. The molecule has 0 atom stereocenters. The van der Waals surface area contributed by atoms with Crippen molar-refractivity contribution < 1.29 is 0 Å². The number of benzene rings is 2. The summed E-state index contributed by atoms with van der Waals surface area (Å²) in [6.45, 7) is 3.51. The van der Waals surface area contributed by atoms with Crippen LogP contribution in [0.15, 0.2) is 46.9 Å². The maximum atomic E-state index is 6.11. The van der Waals surface area contributed by atoms with Crippen molar-refractivity contribution in [2.24, 2.45) is 0 Å². The van der Waals surface area contributed by atoms with Crippen molar-refractivity contribution in [2.75, 3.05) is 36.4 Å². The lowest BCUT2D eigenvalue weighted by Crippen LogP contribution is -2.50. The lowest BCUT2D eigenvalue weighted by Gasteiger charge is -2.37. The first-order valence-electron chi connectivity index (χ1n) is 7.54. The van der Waals surface area contributed by atoms with E-state index in [2.05, 4.69) is 31.0 Å². The molecular formula is C17H16BrCl2N3S. The molecule has 0 bridgehead atoms. The van der Waals surface area contributed by atoms with E-state index in [0.717, 1.165) is 47.1 Å². The lowest BCUT2D eigenvalue weighted by atomic mass is 10.2. The van der Waals surface area contributed by atoms with Gasteiger partial charge in [-0.3, -0.25) is 0 Å². The van der Waals surface area contributed by atoms with Crippen LogP contribution in [0, 0.1) is 0 Å². The van der Waals surface area contributed by atoms with E-state index in [-0.39, 0.29) is 0 Å². The summed E-state index contributed by atoms with van der Waals surface area (Å²) < 4.78 is 1.05. The van der Waals surface area contributed by atoms with Gasteiger partial charge in [0.15, 0.2) is 5.11 Å². The van der Waals surface area contributed by atoms with Crippen LogP contribution in [0.1, 0.15) is 0 Å². The van der Waals surface area contributed by atoms with E-state index in [1.807, 2.05) is 42.5 Å². The molecule has 2 aromatic carbocycles. The van der Waals surface area contributed by atoms with Crippen LogP contribution < -0.4 is 10.2 Å². The molecule has 0 radical (unpaired) electrons. The van der Waals surface area contributed by atoms with Crippen molar-refractivity contribution in [1.29, 1.82) is 0 Å². The zero-order valence-electron chi connectivity index (χ0n) is 12.8. The molecular weight excluding hydrogens is 429 g/mol. The van der Waals surface area contributed by atoms with Gasteiger partial charge in [0, 0.05) is 42.0 Å². The summed E-state index contributed by atoms with van der Waals surface area (Å²) in [7, 11) is 0. The van der Waals surface area contributed by atoms with Gasteiger partial charge < -0.3 is 15.1 Å². The SMILES string of the molecule is S=C(Nc1ccc(Br)cc1)N1CCN(c2ccc(Cl)c(Cl)c2)CC1. The summed E-state index contributed by atoms with van der Waals surface area (Å²) in [5.41, 5.74) is 2.09. The minimum absolute atomic E-state index is 0.582. The van der Waals surface area contributed by atoms with E-state index in [9.17, 15) is 0 Å². The highest BCUT2D eigenvalue weighted by Crippen LogP contribution is 2.27. The maximum absolute atomic E-state index is 6.11. The van der Waals surface area contributed by atoms with Crippen LogP contribution in [0.2, 0.25) is 10.0 Å². The van der Waals surface area contributed by atoms with Crippen molar-refractivity contribution in [2.45, 2.75) is 0 Å². The van der Waals surface area contributed by atoms with E-state index in [4.69, 9.17) is 35.4 Å². The fourth-order valence-corrected chi connectivity index (χ4v) is 3.44. The molecule has 1 aliphatic heterocycles. The van der Waals surface area contributed by atoms with Crippen molar-refractivity contribution in [3.8, 4) is 0 Å². The van der Waals surface area contributed by atoms with E-state index in [1.54, 1.807) is 0 Å². The highest BCUT2D eigenvalue weighted by atomic mass is 79.9. The molecule has 3 rings (SSSR count). The standard InChI is InChI=1S/C17H16BrCl2N3S/c18-12-1-3-13(4-2-12)21-17(24)23-9-7-22(8-10-23)14-5-6-15(19)16(20)11-14/h1-6,11H,7-10H2,(H,21,24). The monoisotopic (exact) mass is 443 g/mol. The number of hydrogen-bond donors (Lipinski definition) is 1. The Labute approximate surface area is 165 Å². The molecule has 1 heterocycles. The third-order valence-corrected chi connectivity index (χ3v) is 5.56. The van der Waals surface area contributed by atoms with Crippen LogP contribution in [0.5, 0.6) is 0 Å². The van der Waals surface area contributed by atoms with Crippen LogP contribution in [0.25, 0.3) is 0 Å². The van der Waals surface area contributed by atoms with Crippen LogP contribution in [-0.2, 0) is 0 Å². The Morgan fingerprint density at radius 3 is 2.25 bits per heavy atom. The molecule has 126 valence electrons. The molecule has 0 amide bonds. The van der Waals surface area contributed by atoms with E-state index < -0.39 is 0 Å². The molecule has 0 saturated carbocycles. The van der Waals surface area contributed by atoms with Gasteiger partial charge in [0.2, 0.25) is 0 Å². The molecule has 1 saturated heterocycles. The Balaban J connectivity index is 1.57. The van der Waals surface area contributed by atoms with Gasteiger partial charge in [0.1, 0.15) is 0 Å². The van der Waals surface area contributed by atoms with Crippen molar-refractivity contribution in [1.82, 2.24) is 4.90 Å². The Kier molecular flexibility index (Phi) is 5.87. The molecule has 24 heavy (non-hydrogen) atoms.